The first-order valence-electron chi connectivity index (χ1n) is 8.49. The van der Waals surface area contributed by atoms with Gasteiger partial charge in [-0.25, -0.2) is 8.42 Å². The molecular weight excluding hydrogens is 348 g/mol. The first-order chi connectivity index (χ1) is 12.5. The average molecular weight is 370 g/mol. The zero-order chi connectivity index (χ0) is 18.7. The molecule has 1 atom stereocenters. The number of sulfonamides is 1. The van der Waals surface area contributed by atoms with E-state index < -0.39 is 16.1 Å². The number of nitrogens with zero attached hydrogens (tertiary/aromatic N) is 2. The molecule has 3 rings (SSSR count). The zero-order valence-corrected chi connectivity index (χ0v) is 15.6. The number of aromatic nitrogens is 1. The lowest BCUT2D eigenvalue weighted by atomic mass is 10.0. The van der Waals surface area contributed by atoms with Crippen LogP contribution in [-0.2, 0) is 16.4 Å². The van der Waals surface area contributed by atoms with Gasteiger partial charge in [0.2, 0.25) is 10.0 Å². The number of aliphatic hydroxyl groups excluding tert-OH is 1. The van der Waals surface area contributed by atoms with Crippen molar-refractivity contribution < 1.29 is 13.5 Å². The first kappa shape index (κ1) is 18.5. The number of likely N-dealkylation sites (N-methyl/N-ethyl adjacent to an activating group) is 1. The molecule has 2 aromatic carbocycles. The summed E-state index contributed by atoms with van der Waals surface area (Å²) < 4.78 is 27.7. The molecule has 1 unspecified atom stereocenters. The molecule has 0 aliphatic heterocycles. The molecule has 0 saturated heterocycles. The lowest BCUT2D eigenvalue weighted by Gasteiger charge is -2.27. The highest BCUT2D eigenvalue weighted by molar-refractivity contribution is 7.89. The summed E-state index contributed by atoms with van der Waals surface area (Å²) in [6.07, 6.45) is 4.12. The lowest BCUT2D eigenvalue weighted by Crippen LogP contribution is -2.33. The SMILES string of the molecule is CCc1ccc(C(CO)N(C)S(=O)(=O)c2cccc3cnccc23)cc1. The third kappa shape index (κ3) is 3.35. The van der Waals surface area contributed by atoms with E-state index in [0.717, 1.165) is 22.9 Å². The van der Waals surface area contributed by atoms with Crippen molar-refractivity contribution in [3.05, 3.63) is 72.1 Å². The number of hydrogen-bond donors (Lipinski definition) is 1. The Hall–Kier alpha value is -2.28. The van der Waals surface area contributed by atoms with Crippen molar-refractivity contribution in [2.45, 2.75) is 24.3 Å². The summed E-state index contributed by atoms with van der Waals surface area (Å²) >= 11 is 0. The standard InChI is InChI=1S/C20H22N2O3S/c1-3-15-7-9-16(10-8-15)19(14-23)22(2)26(24,25)20-6-4-5-17-13-21-12-11-18(17)20/h4-13,19,23H,3,14H2,1-2H3. The summed E-state index contributed by atoms with van der Waals surface area (Å²) in [5.74, 6) is 0. The van der Waals surface area contributed by atoms with Gasteiger partial charge < -0.3 is 5.11 Å². The molecule has 0 aliphatic carbocycles. The van der Waals surface area contributed by atoms with Crippen LogP contribution in [-0.4, -0.2) is 36.5 Å². The van der Waals surface area contributed by atoms with Crippen LogP contribution in [0.5, 0.6) is 0 Å². The monoisotopic (exact) mass is 370 g/mol. The molecule has 5 nitrogen and oxygen atoms in total. The van der Waals surface area contributed by atoms with Gasteiger partial charge in [-0.2, -0.15) is 4.31 Å². The largest absolute Gasteiger partial charge is 0.394 e. The fourth-order valence-electron chi connectivity index (χ4n) is 3.05. The molecule has 1 N–H and O–H groups in total. The van der Waals surface area contributed by atoms with E-state index in [-0.39, 0.29) is 11.5 Å². The minimum absolute atomic E-state index is 0.212. The minimum atomic E-state index is -3.80. The highest BCUT2D eigenvalue weighted by atomic mass is 32.2. The number of aliphatic hydroxyl groups is 1. The molecule has 0 bridgehead atoms. The molecule has 136 valence electrons. The molecule has 1 aromatic heterocycles. The van der Waals surface area contributed by atoms with Crippen LogP contribution < -0.4 is 0 Å². The molecule has 6 heteroatoms. The van der Waals surface area contributed by atoms with E-state index in [1.165, 1.54) is 11.4 Å². The van der Waals surface area contributed by atoms with Gasteiger partial charge in [0.15, 0.2) is 0 Å². The predicted molar refractivity (Wildman–Crippen MR) is 102 cm³/mol. The van der Waals surface area contributed by atoms with E-state index in [0.29, 0.717) is 5.39 Å². The second-order valence-electron chi connectivity index (χ2n) is 6.17. The maximum absolute atomic E-state index is 13.2. The summed E-state index contributed by atoms with van der Waals surface area (Å²) in [5.41, 5.74) is 1.93. The summed E-state index contributed by atoms with van der Waals surface area (Å²) in [6, 6.07) is 13.8. The van der Waals surface area contributed by atoms with Crippen molar-refractivity contribution in [3.63, 3.8) is 0 Å². The normalized spacial score (nSPS) is 13.2. The Morgan fingerprint density at radius 1 is 1.12 bits per heavy atom. The highest BCUT2D eigenvalue weighted by Crippen LogP contribution is 2.30. The van der Waals surface area contributed by atoms with E-state index in [4.69, 9.17) is 0 Å². The average Bonchev–Trinajstić information content (AvgIpc) is 2.68. The van der Waals surface area contributed by atoms with Crippen LogP contribution in [0.2, 0.25) is 0 Å². The number of benzene rings is 2. The quantitative estimate of drug-likeness (QED) is 0.724. The van der Waals surface area contributed by atoms with Gasteiger partial charge in [-0.15, -0.1) is 0 Å². The number of hydrogen-bond acceptors (Lipinski definition) is 4. The number of aryl methyl sites for hydroxylation is 1. The van der Waals surface area contributed by atoms with Crippen LogP contribution in [0.1, 0.15) is 24.1 Å². The lowest BCUT2D eigenvalue weighted by molar-refractivity contribution is 0.204. The van der Waals surface area contributed by atoms with Crippen molar-refractivity contribution in [2.75, 3.05) is 13.7 Å². The van der Waals surface area contributed by atoms with E-state index in [1.54, 1.807) is 30.6 Å². The van der Waals surface area contributed by atoms with Crippen molar-refractivity contribution in [1.29, 1.82) is 0 Å². The van der Waals surface area contributed by atoms with Crippen molar-refractivity contribution in [1.82, 2.24) is 9.29 Å². The Labute approximate surface area is 154 Å². The van der Waals surface area contributed by atoms with Crippen LogP contribution >= 0.6 is 0 Å². The fraction of sp³-hybridized carbons (Fsp3) is 0.250. The van der Waals surface area contributed by atoms with Crippen LogP contribution in [0.4, 0.5) is 0 Å². The summed E-state index contributed by atoms with van der Waals surface area (Å²) in [6.45, 7) is 1.76. The molecule has 0 fully saturated rings. The second kappa shape index (κ2) is 7.53. The fourth-order valence-corrected chi connectivity index (χ4v) is 4.59. The van der Waals surface area contributed by atoms with E-state index in [2.05, 4.69) is 11.9 Å². The van der Waals surface area contributed by atoms with Crippen LogP contribution in [0.15, 0.2) is 65.8 Å². The van der Waals surface area contributed by atoms with Gasteiger partial charge in [-0.1, -0.05) is 43.3 Å². The van der Waals surface area contributed by atoms with E-state index in [1.807, 2.05) is 30.3 Å². The molecule has 0 radical (unpaired) electrons. The molecule has 0 saturated carbocycles. The molecule has 0 spiro atoms. The van der Waals surface area contributed by atoms with E-state index in [9.17, 15) is 13.5 Å². The van der Waals surface area contributed by atoms with E-state index >= 15 is 0 Å². The molecule has 0 amide bonds. The number of pyridine rings is 1. The smallest absolute Gasteiger partial charge is 0.244 e. The van der Waals surface area contributed by atoms with Crippen molar-refractivity contribution in [2.24, 2.45) is 0 Å². The Morgan fingerprint density at radius 3 is 2.50 bits per heavy atom. The predicted octanol–water partition coefficient (Wildman–Crippen LogP) is 3.15. The molecule has 0 aliphatic rings. The topological polar surface area (TPSA) is 70.5 Å². The van der Waals surface area contributed by atoms with Crippen LogP contribution in [0, 0.1) is 0 Å². The van der Waals surface area contributed by atoms with Gasteiger partial charge in [0, 0.05) is 30.2 Å². The molecular formula is C20H22N2O3S. The Balaban J connectivity index is 2.03. The molecule has 3 aromatic rings. The van der Waals surface area contributed by atoms with Gasteiger partial charge >= 0.3 is 0 Å². The highest BCUT2D eigenvalue weighted by Gasteiger charge is 2.30. The first-order valence-corrected chi connectivity index (χ1v) is 9.93. The van der Waals surface area contributed by atoms with Crippen molar-refractivity contribution in [3.8, 4) is 0 Å². The maximum atomic E-state index is 13.2. The summed E-state index contributed by atoms with van der Waals surface area (Å²) in [5, 5.41) is 11.3. The Morgan fingerprint density at radius 2 is 1.85 bits per heavy atom. The third-order valence-corrected chi connectivity index (χ3v) is 6.61. The van der Waals surface area contributed by atoms with Gasteiger partial charge in [0.1, 0.15) is 0 Å². The van der Waals surface area contributed by atoms with Gasteiger partial charge in [0.05, 0.1) is 17.5 Å². The molecule has 26 heavy (non-hydrogen) atoms. The summed E-state index contributed by atoms with van der Waals surface area (Å²) in [4.78, 5) is 4.26. The maximum Gasteiger partial charge on any atom is 0.244 e. The third-order valence-electron chi connectivity index (χ3n) is 4.68. The second-order valence-corrected chi connectivity index (χ2v) is 8.13. The van der Waals surface area contributed by atoms with Crippen LogP contribution in [0.25, 0.3) is 10.8 Å². The Bertz CT molecular complexity index is 996. The van der Waals surface area contributed by atoms with Crippen LogP contribution in [0.3, 0.4) is 0 Å². The van der Waals surface area contributed by atoms with Gasteiger partial charge in [-0.05, 0) is 29.7 Å². The minimum Gasteiger partial charge on any atom is -0.394 e. The molecule has 1 heterocycles. The Kier molecular flexibility index (Phi) is 5.36. The van der Waals surface area contributed by atoms with Gasteiger partial charge in [-0.3, -0.25) is 4.98 Å². The number of rotatable bonds is 6. The number of fused-ring (bicyclic) bond motifs is 1. The van der Waals surface area contributed by atoms with Crippen molar-refractivity contribution >= 4 is 20.8 Å². The summed E-state index contributed by atoms with van der Waals surface area (Å²) in [7, 11) is -2.29. The zero-order valence-electron chi connectivity index (χ0n) is 14.8. The van der Waals surface area contributed by atoms with Gasteiger partial charge in [0.25, 0.3) is 0 Å².